The van der Waals surface area contributed by atoms with E-state index in [1.807, 2.05) is 0 Å². The first-order chi connectivity index (χ1) is 14.7. The molecule has 7 nitrogen and oxygen atoms in total. The van der Waals surface area contributed by atoms with Crippen LogP contribution in [0.25, 0.3) is 5.69 Å². The number of benzene rings is 2. The van der Waals surface area contributed by atoms with Crippen molar-refractivity contribution in [3.8, 4) is 17.2 Å². The molecule has 0 saturated heterocycles. The minimum atomic E-state index is -4.96. The Labute approximate surface area is 174 Å². The van der Waals surface area contributed by atoms with Gasteiger partial charge in [-0.2, -0.15) is 13.2 Å². The Morgan fingerprint density at radius 3 is 2.42 bits per heavy atom. The predicted octanol–water partition coefficient (Wildman–Crippen LogP) is 3.93. The van der Waals surface area contributed by atoms with E-state index in [-0.39, 0.29) is 5.69 Å². The number of aromatic nitrogens is 3. The lowest BCUT2D eigenvalue weighted by Crippen LogP contribution is -2.29. The molecule has 1 unspecified atom stereocenters. The number of rotatable bonds is 6. The van der Waals surface area contributed by atoms with E-state index < -0.39 is 35.3 Å². The predicted molar refractivity (Wildman–Crippen MR) is 102 cm³/mol. The zero-order valence-electron chi connectivity index (χ0n) is 16.7. The highest BCUT2D eigenvalue weighted by atomic mass is 19.4. The van der Waals surface area contributed by atoms with Crippen molar-refractivity contribution in [2.24, 2.45) is 0 Å². The first kappa shape index (κ1) is 22.1. The number of nitrogens with zero attached hydrogens (tertiary/aromatic N) is 3. The fourth-order valence-corrected chi connectivity index (χ4v) is 2.95. The van der Waals surface area contributed by atoms with Gasteiger partial charge in [-0.05, 0) is 42.8 Å². The van der Waals surface area contributed by atoms with Crippen LogP contribution >= 0.6 is 0 Å². The summed E-state index contributed by atoms with van der Waals surface area (Å²) >= 11 is 0. The molecular formula is C20H18F4N4O3. The van der Waals surface area contributed by atoms with Crippen LogP contribution in [0.1, 0.15) is 34.7 Å². The highest BCUT2D eigenvalue weighted by Crippen LogP contribution is 2.33. The summed E-state index contributed by atoms with van der Waals surface area (Å²) in [4.78, 5) is 12.6. The van der Waals surface area contributed by atoms with Gasteiger partial charge in [-0.1, -0.05) is 17.3 Å². The molecule has 1 atom stereocenters. The van der Waals surface area contributed by atoms with Gasteiger partial charge in [0.15, 0.2) is 22.9 Å². The fourth-order valence-electron chi connectivity index (χ4n) is 2.95. The summed E-state index contributed by atoms with van der Waals surface area (Å²) in [6.07, 6.45) is -4.96. The zero-order chi connectivity index (χ0) is 22.8. The van der Waals surface area contributed by atoms with Crippen LogP contribution in [0.15, 0.2) is 42.5 Å². The molecule has 0 aliphatic heterocycles. The number of nitrogens with one attached hydrogen (secondary N) is 1. The second-order valence-electron chi connectivity index (χ2n) is 6.49. The van der Waals surface area contributed by atoms with Gasteiger partial charge in [0.1, 0.15) is 5.82 Å². The molecule has 164 valence electrons. The van der Waals surface area contributed by atoms with Gasteiger partial charge in [0.25, 0.3) is 5.91 Å². The van der Waals surface area contributed by atoms with Gasteiger partial charge in [-0.25, -0.2) is 9.07 Å². The third-order valence-electron chi connectivity index (χ3n) is 4.46. The molecule has 0 saturated carbocycles. The quantitative estimate of drug-likeness (QED) is 0.590. The Hall–Kier alpha value is -3.63. The normalized spacial score (nSPS) is 12.4. The summed E-state index contributed by atoms with van der Waals surface area (Å²) < 4.78 is 65.4. The van der Waals surface area contributed by atoms with E-state index in [9.17, 15) is 22.4 Å². The molecule has 1 heterocycles. The molecular weight excluding hydrogens is 420 g/mol. The largest absolute Gasteiger partial charge is 0.493 e. The van der Waals surface area contributed by atoms with Crippen molar-refractivity contribution in [1.82, 2.24) is 20.3 Å². The zero-order valence-corrected chi connectivity index (χ0v) is 16.7. The summed E-state index contributed by atoms with van der Waals surface area (Å²) in [5.41, 5.74) is -1.98. The van der Waals surface area contributed by atoms with Crippen LogP contribution in [0.4, 0.5) is 17.6 Å². The van der Waals surface area contributed by atoms with Crippen molar-refractivity contribution in [3.05, 3.63) is 65.2 Å². The molecule has 1 aromatic heterocycles. The van der Waals surface area contributed by atoms with Crippen molar-refractivity contribution < 1.29 is 31.8 Å². The molecule has 0 radical (unpaired) electrons. The molecule has 0 spiro atoms. The van der Waals surface area contributed by atoms with Gasteiger partial charge in [-0.15, -0.1) is 5.10 Å². The Morgan fingerprint density at radius 1 is 1.10 bits per heavy atom. The van der Waals surface area contributed by atoms with Gasteiger partial charge in [0.05, 0.1) is 25.9 Å². The average molecular weight is 438 g/mol. The van der Waals surface area contributed by atoms with Gasteiger partial charge >= 0.3 is 6.18 Å². The molecule has 0 aliphatic carbocycles. The number of carbonyl (C=O) groups excluding carboxylic acids is 1. The van der Waals surface area contributed by atoms with Gasteiger partial charge in [-0.3, -0.25) is 4.79 Å². The molecule has 2 aromatic carbocycles. The third kappa shape index (κ3) is 4.60. The van der Waals surface area contributed by atoms with E-state index >= 15 is 0 Å². The monoisotopic (exact) mass is 438 g/mol. The second kappa shape index (κ2) is 8.62. The summed E-state index contributed by atoms with van der Waals surface area (Å²) in [6, 6.07) is 8.54. The van der Waals surface area contributed by atoms with Crippen molar-refractivity contribution in [3.63, 3.8) is 0 Å². The first-order valence-electron chi connectivity index (χ1n) is 8.97. The lowest BCUT2D eigenvalue weighted by atomic mass is 10.1. The van der Waals surface area contributed by atoms with Crippen LogP contribution < -0.4 is 14.8 Å². The number of halogens is 4. The summed E-state index contributed by atoms with van der Waals surface area (Å²) in [6.45, 7) is 1.59. The van der Waals surface area contributed by atoms with Crippen molar-refractivity contribution in [1.29, 1.82) is 0 Å². The maximum absolute atomic E-state index is 13.7. The number of methoxy groups -OCH3 is 2. The first-order valence-corrected chi connectivity index (χ1v) is 8.97. The van der Waals surface area contributed by atoms with Crippen LogP contribution in [-0.2, 0) is 6.18 Å². The van der Waals surface area contributed by atoms with E-state index in [1.165, 1.54) is 26.4 Å². The SMILES string of the molecule is COc1ccc(C(C)NC(=O)c2nnn(-c3cccc(F)c3)c2C(F)(F)F)cc1OC. The average Bonchev–Trinajstić information content (AvgIpc) is 3.19. The highest BCUT2D eigenvalue weighted by Gasteiger charge is 2.42. The third-order valence-corrected chi connectivity index (χ3v) is 4.46. The smallest absolute Gasteiger partial charge is 0.435 e. The number of amides is 1. The number of carbonyl (C=O) groups is 1. The summed E-state index contributed by atoms with van der Waals surface area (Å²) in [5.74, 6) is -0.984. The molecule has 0 bridgehead atoms. The molecule has 0 fully saturated rings. The van der Waals surface area contributed by atoms with E-state index in [1.54, 1.807) is 25.1 Å². The van der Waals surface area contributed by atoms with Crippen LogP contribution in [0.5, 0.6) is 11.5 Å². The van der Waals surface area contributed by atoms with E-state index in [0.29, 0.717) is 21.7 Å². The highest BCUT2D eigenvalue weighted by molar-refractivity contribution is 5.93. The molecule has 31 heavy (non-hydrogen) atoms. The summed E-state index contributed by atoms with van der Waals surface area (Å²) in [7, 11) is 2.90. The summed E-state index contributed by atoms with van der Waals surface area (Å²) in [5, 5.41) is 9.30. The van der Waals surface area contributed by atoms with Gasteiger partial charge in [0, 0.05) is 0 Å². The molecule has 1 amide bonds. The molecule has 3 rings (SSSR count). The van der Waals surface area contributed by atoms with Crippen LogP contribution in [-0.4, -0.2) is 35.1 Å². The topological polar surface area (TPSA) is 78.3 Å². The maximum atomic E-state index is 13.7. The lowest BCUT2D eigenvalue weighted by Gasteiger charge is -2.17. The number of hydrogen-bond donors (Lipinski definition) is 1. The number of ether oxygens (including phenoxy) is 2. The van der Waals surface area contributed by atoms with E-state index in [0.717, 1.165) is 12.1 Å². The standard InChI is InChI=1S/C20H18F4N4O3/c1-11(12-7-8-15(30-2)16(9-12)31-3)25-19(29)17-18(20(22,23)24)28(27-26-17)14-6-4-5-13(21)10-14/h4-11H,1-3H3,(H,25,29). The molecule has 11 heteroatoms. The Morgan fingerprint density at radius 2 is 1.81 bits per heavy atom. The Bertz CT molecular complexity index is 1100. The van der Waals surface area contributed by atoms with Crippen molar-refractivity contribution in [2.45, 2.75) is 19.1 Å². The van der Waals surface area contributed by atoms with Gasteiger partial charge in [0.2, 0.25) is 0 Å². The van der Waals surface area contributed by atoms with Crippen molar-refractivity contribution in [2.75, 3.05) is 14.2 Å². The van der Waals surface area contributed by atoms with Crippen molar-refractivity contribution >= 4 is 5.91 Å². The Balaban J connectivity index is 1.93. The Kier molecular flexibility index (Phi) is 6.14. The molecule has 1 N–H and O–H groups in total. The number of hydrogen-bond acceptors (Lipinski definition) is 5. The lowest BCUT2D eigenvalue weighted by molar-refractivity contribution is -0.143. The van der Waals surface area contributed by atoms with E-state index in [4.69, 9.17) is 9.47 Å². The minimum Gasteiger partial charge on any atom is -0.493 e. The number of alkyl halides is 3. The van der Waals surface area contributed by atoms with E-state index in [2.05, 4.69) is 15.6 Å². The second-order valence-corrected chi connectivity index (χ2v) is 6.49. The minimum absolute atomic E-state index is 0.216. The fraction of sp³-hybridized carbons (Fsp3) is 0.250. The van der Waals surface area contributed by atoms with Gasteiger partial charge < -0.3 is 14.8 Å². The van der Waals surface area contributed by atoms with Crippen LogP contribution in [0.3, 0.4) is 0 Å². The van der Waals surface area contributed by atoms with Crippen LogP contribution in [0, 0.1) is 5.82 Å². The maximum Gasteiger partial charge on any atom is 0.435 e. The van der Waals surface area contributed by atoms with Crippen LogP contribution in [0.2, 0.25) is 0 Å². The molecule has 3 aromatic rings. The molecule has 0 aliphatic rings.